The van der Waals surface area contributed by atoms with Crippen LogP contribution in [0.4, 0.5) is 0 Å². The van der Waals surface area contributed by atoms with Crippen LogP contribution in [-0.2, 0) is 16.6 Å². The zero-order chi connectivity index (χ0) is 14.6. The number of sulfonamides is 1. The monoisotopic (exact) mass is 316 g/mol. The van der Waals surface area contributed by atoms with Crippen LogP contribution < -0.4 is 10.0 Å². The van der Waals surface area contributed by atoms with Crippen molar-refractivity contribution in [2.75, 3.05) is 7.05 Å². The molecule has 2 atom stereocenters. The number of hydrogen-bond donors (Lipinski definition) is 2. The predicted molar refractivity (Wildman–Crippen MR) is 83.4 cm³/mol. The van der Waals surface area contributed by atoms with Gasteiger partial charge in [-0.25, -0.2) is 13.1 Å². The second-order valence-corrected chi connectivity index (χ2v) is 8.62. The lowest BCUT2D eigenvalue weighted by atomic mass is 9.85. The van der Waals surface area contributed by atoms with Crippen LogP contribution in [0.1, 0.15) is 43.9 Å². The molecule has 1 aliphatic carbocycles. The minimum atomic E-state index is -3.35. The third-order valence-corrected chi connectivity index (χ3v) is 7.03. The largest absolute Gasteiger partial charge is 0.315 e. The van der Waals surface area contributed by atoms with E-state index in [1.165, 1.54) is 17.8 Å². The molecule has 1 aromatic rings. The average molecular weight is 316 g/mol. The van der Waals surface area contributed by atoms with Gasteiger partial charge in [0, 0.05) is 17.5 Å². The number of thiophene rings is 1. The van der Waals surface area contributed by atoms with Crippen LogP contribution in [0.3, 0.4) is 0 Å². The average Bonchev–Trinajstić information content (AvgIpc) is 2.88. The Labute approximate surface area is 126 Å². The van der Waals surface area contributed by atoms with E-state index in [1.807, 2.05) is 13.1 Å². The highest BCUT2D eigenvalue weighted by atomic mass is 32.2. The van der Waals surface area contributed by atoms with Crippen molar-refractivity contribution in [3.8, 4) is 0 Å². The molecular formula is C14H24N2O2S2. The van der Waals surface area contributed by atoms with E-state index >= 15 is 0 Å². The smallest absolute Gasteiger partial charge is 0.250 e. The van der Waals surface area contributed by atoms with E-state index in [2.05, 4.69) is 17.0 Å². The fourth-order valence-corrected chi connectivity index (χ4v) is 5.49. The highest BCUT2D eigenvalue weighted by Gasteiger charge is 2.26. The second-order valence-electron chi connectivity index (χ2n) is 5.51. The summed E-state index contributed by atoms with van der Waals surface area (Å²) in [6, 6.07) is 3.69. The van der Waals surface area contributed by atoms with Crippen molar-refractivity contribution < 1.29 is 8.42 Å². The third-order valence-electron chi connectivity index (χ3n) is 3.93. The fraction of sp³-hybridized carbons (Fsp3) is 0.714. The molecule has 0 bridgehead atoms. The molecule has 2 rings (SSSR count). The Morgan fingerprint density at radius 2 is 2.15 bits per heavy atom. The van der Waals surface area contributed by atoms with Crippen molar-refractivity contribution in [3.05, 3.63) is 17.0 Å². The molecule has 6 heteroatoms. The third kappa shape index (κ3) is 4.04. The Balaban J connectivity index is 2.02. The summed E-state index contributed by atoms with van der Waals surface area (Å²) in [6.07, 6.45) is 5.44. The van der Waals surface area contributed by atoms with Crippen molar-refractivity contribution >= 4 is 21.4 Å². The maximum atomic E-state index is 12.4. The minimum Gasteiger partial charge on any atom is -0.315 e. The maximum absolute atomic E-state index is 12.4. The summed E-state index contributed by atoms with van der Waals surface area (Å²) in [6.45, 7) is 2.90. The van der Waals surface area contributed by atoms with Gasteiger partial charge < -0.3 is 5.32 Å². The molecular weight excluding hydrogens is 292 g/mol. The molecule has 2 unspecified atom stereocenters. The predicted octanol–water partition coefficient (Wildman–Crippen LogP) is 2.71. The molecule has 0 aromatic carbocycles. The molecule has 2 N–H and O–H groups in total. The normalized spacial score (nSPS) is 23.9. The van der Waals surface area contributed by atoms with E-state index in [0.717, 1.165) is 30.6 Å². The molecule has 1 fully saturated rings. The summed E-state index contributed by atoms with van der Waals surface area (Å²) in [5, 5.41) is 3.04. The van der Waals surface area contributed by atoms with Gasteiger partial charge in [0.25, 0.3) is 0 Å². The maximum Gasteiger partial charge on any atom is 0.250 e. The molecule has 1 saturated carbocycles. The molecule has 0 aliphatic heterocycles. The molecule has 4 nitrogen and oxygen atoms in total. The van der Waals surface area contributed by atoms with E-state index in [4.69, 9.17) is 0 Å². The Morgan fingerprint density at radius 3 is 2.85 bits per heavy atom. The molecule has 20 heavy (non-hydrogen) atoms. The van der Waals surface area contributed by atoms with Gasteiger partial charge >= 0.3 is 0 Å². The van der Waals surface area contributed by atoms with Crippen LogP contribution in [0.5, 0.6) is 0 Å². The summed E-state index contributed by atoms with van der Waals surface area (Å²) in [4.78, 5) is 1.04. The summed E-state index contributed by atoms with van der Waals surface area (Å²) >= 11 is 1.35. The zero-order valence-electron chi connectivity index (χ0n) is 12.2. The van der Waals surface area contributed by atoms with Crippen LogP contribution >= 0.6 is 11.3 Å². The molecule has 0 spiro atoms. The van der Waals surface area contributed by atoms with E-state index in [9.17, 15) is 8.42 Å². The van der Waals surface area contributed by atoms with Crippen molar-refractivity contribution in [1.82, 2.24) is 10.0 Å². The first-order valence-corrected chi connectivity index (χ1v) is 9.60. The van der Waals surface area contributed by atoms with Crippen LogP contribution in [0, 0.1) is 5.92 Å². The van der Waals surface area contributed by atoms with Crippen LogP contribution in [0.15, 0.2) is 16.3 Å². The van der Waals surface area contributed by atoms with Crippen LogP contribution in [-0.4, -0.2) is 21.5 Å². The van der Waals surface area contributed by atoms with Gasteiger partial charge in [0.05, 0.1) is 0 Å². The number of rotatable bonds is 6. The van der Waals surface area contributed by atoms with Gasteiger partial charge in [-0.05, 0) is 37.9 Å². The molecule has 1 heterocycles. The van der Waals surface area contributed by atoms with E-state index < -0.39 is 10.0 Å². The summed E-state index contributed by atoms with van der Waals surface area (Å²) in [5.41, 5.74) is 0. The van der Waals surface area contributed by atoms with Crippen molar-refractivity contribution in [3.63, 3.8) is 0 Å². The summed E-state index contributed by atoms with van der Waals surface area (Å²) in [7, 11) is -1.49. The van der Waals surface area contributed by atoms with Gasteiger partial charge in [-0.2, -0.15) is 0 Å². The van der Waals surface area contributed by atoms with Crippen molar-refractivity contribution in [2.45, 2.75) is 55.8 Å². The van der Waals surface area contributed by atoms with E-state index in [1.54, 1.807) is 6.07 Å². The minimum absolute atomic E-state index is 0.105. The molecule has 0 saturated heterocycles. The Bertz CT molecular complexity index is 525. The van der Waals surface area contributed by atoms with Crippen LogP contribution in [0.2, 0.25) is 0 Å². The molecule has 1 aliphatic rings. The second kappa shape index (κ2) is 7.02. The van der Waals surface area contributed by atoms with Gasteiger partial charge in [0.1, 0.15) is 4.21 Å². The highest BCUT2D eigenvalue weighted by molar-refractivity contribution is 7.91. The van der Waals surface area contributed by atoms with Crippen molar-refractivity contribution in [1.29, 1.82) is 0 Å². The van der Waals surface area contributed by atoms with Gasteiger partial charge in [-0.1, -0.05) is 26.2 Å². The topological polar surface area (TPSA) is 58.2 Å². The Hall–Kier alpha value is -0.430. The zero-order valence-corrected chi connectivity index (χ0v) is 13.8. The standard InChI is InChI=1S/C14H24N2O2S2/c1-3-11-5-4-6-12(9-11)16-20(17,18)14-8-7-13(19-14)10-15-2/h7-8,11-12,15-16H,3-6,9-10H2,1-2H3. The van der Waals surface area contributed by atoms with E-state index in [-0.39, 0.29) is 6.04 Å². The molecule has 0 radical (unpaired) electrons. The first-order valence-electron chi connectivity index (χ1n) is 7.30. The molecule has 1 aromatic heterocycles. The fourth-order valence-electron chi connectivity index (χ4n) is 2.82. The molecule has 0 amide bonds. The van der Waals surface area contributed by atoms with Gasteiger partial charge in [-0.3, -0.25) is 0 Å². The summed E-state index contributed by atoms with van der Waals surface area (Å²) in [5.74, 6) is 0.666. The van der Waals surface area contributed by atoms with Gasteiger partial charge in [0.15, 0.2) is 0 Å². The van der Waals surface area contributed by atoms with Crippen LogP contribution in [0.25, 0.3) is 0 Å². The number of nitrogens with one attached hydrogen (secondary N) is 2. The van der Waals surface area contributed by atoms with Gasteiger partial charge in [0.2, 0.25) is 10.0 Å². The Morgan fingerprint density at radius 1 is 1.35 bits per heavy atom. The van der Waals surface area contributed by atoms with Gasteiger partial charge in [-0.15, -0.1) is 11.3 Å². The quantitative estimate of drug-likeness (QED) is 0.848. The van der Waals surface area contributed by atoms with E-state index in [0.29, 0.717) is 16.7 Å². The lowest BCUT2D eigenvalue weighted by Crippen LogP contribution is -2.38. The molecule has 114 valence electrons. The number of hydrogen-bond acceptors (Lipinski definition) is 4. The first kappa shape index (κ1) is 15.9. The summed E-state index contributed by atoms with van der Waals surface area (Å²) < 4.78 is 28.1. The highest BCUT2D eigenvalue weighted by Crippen LogP contribution is 2.28. The SMILES string of the molecule is CCC1CCCC(NS(=O)(=O)c2ccc(CNC)s2)C1. The lowest BCUT2D eigenvalue weighted by Gasteiger charge is -2.28. The van der Waals surface area contributed by atoms with Crippen molar-refractivity contribution in [2.24, 2.45) is 5.92 Å². The first-order chi connectivity index (χ1) is 9.55. The lowest BCUT2D eigenvalue weighted by molar-refractivity contribution is 0.301. The Kier molecular flexibility index (Phi) is 5.60.